The molecule has 1 aliphatic heterocycles. The van der Waals surface area contributed by atoms with Gasteiger partial charge in [0, 0.05) is 12.4 Å². The molecule has 0 saturated heterocycles. The quantitative estimate of drug-likeness (QED) is 0.478. The SMILES string of the molecule is Cc1ccc2nc(N(Cc3cccnc3)C(=O)Cc3ccc4c(c3)OCO4)sc2c1. The van der Waals surface area contributed by atoms with Crippen molar-refractivity contribution in [3.05, 3.63) is 77.6 Å². The number of carbonyl (C=O) groups is 1. The topological polar surface area (TPSA) is 64.6 Å². The van der Waals surface area contributed by atoms with Gasteiger partial charge in [0.25, 0.3) is 0 Å². The van der Waals surface area contributed by atoms with Gasteiger partial charge in [-0.3, -0.25) is 14.7 Å². The van der Waals surface area contributed by atoms with E-state index in [4.69, 9.17) is 14.5 Å². The number of benzene rings is 2. The standard InChI is InChI=1S/C23H19N3O3S/c1-15-4-6-18-21(9-15)30-23(25-18)26(13-17-3-2-8-24-12-17)22(27)11-16-5-7-19-20(10-16)29-14-28-19/h2-10,12H,11,13-14H2,1H3. The van der Waals surface area contributed by atoms with Crippen LogP contribution in [0.3, 0.4) is 0 Å². The zero-order valence-corrected chi connectivity index (χ0v) is 17.2. The zero-order chi connectivity index (χ0) is 20.5. The second-order valence-electron chi connectivity index (χ2n) is 7.17. The number of aryl methyl sites for hydroxylation is 1. The van der Waals surface area contributed by atoms with Gasteiger partial charge in [-0.1, -0.05) is 29.5 Å². The molecule has 3 heterocycles. The Bertz CT molecular complexity index is 1220. The van der Waals surface area contributed by atoms with Gasteiger partial charge in [0.2, 0.25) is 12.7 Å². The fraction of sp³-hybridized carbons (Fsp3) is 0.174. The number of ether oxygens (including phenoxy) is 2. The minimum absolute atomic E-state index is 0.0338. The maximum absolute atomic E-state index is 13.4. The smallest absolute Gasteiger partial charge is 0.233 e. The van der Waals surface area contributed by atoms with E-state index < -0.39 is 0 Å². The fourth-order valence-electron chi connectivity index (χ4n) is 3.39. The lowest BCUT2D eigenvalue weighted by atomic mass is 10.1. The number of amides is 1. The third-order valence-corrected chi connectivity index (χ3v) is 5.96. The van der Waals surface area contributed by atoms with E-state index in [-0.39, 0.29) is 19.1 Å². The van der Waals surface area contributed by atoms with Gasteiger partial charge in [-0.15, -0.1) is 0 Å². The average Bonchev–Trinajstić information content (AvgIpc) is 3.38. The number of anilines is 1. The highest BCUT2D eigenvalue weighted by Crippen LogP contribution is 2.34. The Kier molecular flexibility index (Phi) is 4.80. The van der Waals surface area contributed by atoms with E-state index in [0.29, 0.717) is 23.2 Å². The summed E-state index contributed by atoms with van der Waals surface area (Å²) in [4.78, 5) is 24.0. The van der Waals surface area contributed by atoms with Gasteiger partial charge < -0.3 is 9.47 Å². The van der Waals surface area contributed by atoms with Crippen LogP contribution in [0.5, 0.6) is 11.5 Å². The second-order valence-corrected chi connectivity index (χ2v) is 8.18. The van der Waals surface area contributed by atoms with E-state index in [1.54, 1.807) is 17.3 Å². The molecule has 6 nitrogen and oxygen atoms in total. The maximum atomic E-state index is 13.4. The summed E-state index contributed by atoms with van der Waals surface area (Å²) in [7, 11) is 0. The molecule has 1 amide bonds. The number of rotatable bonds is 5. The third-order valence-electron chi connectivity index (χ3n) is 4.92. The Morgan fingerprint density at radius 3 is 2.87 bits per heavy atom. The van der Waals surface area contributed by atoms with E-state index in [0.717, 1.165) is 21.3 Å². The van der Waals surface area contributed by atoms with Crippen LogP contribution in [-0.4, -0.2) is 22.7 Å². The van der Waals surface area contributed by atoms with Crippen LogP contribution in [0.2, 0.25) is 0 Å². The van der Waals surface area contributed by atoms with Crippen molar-refractivity contribution in [1.29, 1.82) is 0 Å². The largest absolute Gasteiger partial charge is 0.454 e. The van der Waals surface area contributed by atoms with Gasteiger partial charge in [-0.25, -0.2) is 4.98 Å². The van der Waals surface area contributed by atoms with Gasteiger partial charge >= 0.3 is 0 Å². The number of fused-ring (bicyclic) bond motifs is 2. The predicted octanol–water partition coefficient (Wildman–Crippen LogP) is 4.50. The molecule has 1 aliphatic rings. The number of hydrogen-bond acceptors (Lipinski definition) is 6. The van der Waals surface area contributed by atoms with E-state index in [2.05, 4.69) is 18.0 Å². The van der Waals surface area contributed by atoms with E-state index in [1.165, 1.54) is 16.9 Å². The minimum atomic E-state index is -0.0338. The van der Waals surface area contributed by atoms with Crippen molar-refractivity contribution in [2.45, 2.75) is 19.9 Å². The van der Waals surface area contributed by atoms with Crippen LogP contribution in [-0.2, 0) is 17.8 Å². The summed E-state index contributed by atoms with van der Waals surface area (Å²) >= 11 is 1.53. The Balaban J connectivity index is 1.47. The second kappa shape index (κ2) is 7.76. The summed E-state index contributed by atoms with van der Waals surface area (Å²) in [6, 6.07) is 15.6. The minimum Gasteiger partial charge on any atom is -0.454 e. The first-order valence-corrected chi connectivity index (χ1v) is 10.4. The summed E-state index contributed by atoms with van der Waals surface area (Å²) in [6.07, 6.45) is 3.74. The summed E-state index contributed by atoms with van der Waals surface area (Å²) in [5.74, 6) is 1.35. The lowest BCUT2D eigenvalue weighted by Crippen LogP contribution is -2.31. The monoisotopic (exact) mass is 417 g/mol. The lowest BCUT2D eigenvalue weighted by molar-refractivity contribution is -0.118. The molecule has 7 heteroatoms. The molecule has 0 aliphatic carbocycles. The molecule has 0 radical (unpaired) electrons. The van der Waals surface area contributed by atoms with Gasteiger partial charge in [0.15, 0.2) is 16.6 Å². The van der Waals surface area contributed by atoms with Gasteiger partial charge in [0.05, 0.1) is 23.2 Å². The molecule has 0 saturated carbocycles. The third kappa shape index (κ3) is 3.71. The van der Waals surface area contributed by atoms with Crippen molar-refractivity contribution >= 4 is 32.6 Å². The van der Waals surface area contributed by atoms with Crippen molar-refractivity contribution in [2.75, 3.05) is 11.7 Å². The van der Waals surface area contributed by atoms with Crippen LogP contribution in [0, 0.1) is 6.92 Å². The molecule has 2 aromatic heterocycles. The van der Waals surface area contributed by atoms with Crippen LogP contribution < -0.4 is 14.4 Å². The van der Waals surface area contributed by atoms with Crippen LogP contribution in [0.1, 0.15) is 16.7 Å². The first kappa shape index (κ1) is 18.6. The Morgan fingerprint density at radius 2 is 2.00 bits per heavy atom. The molecule has 2 aromatic carbocycles. The number of pyridine rings is 1. The highest BCUT2D eigenvalue weighted by Gasteiger charge is 2.22. The van der Waals surface area contributed by atoms with Crippen LogP contribution in [0.25, 0.3) is 10.2 Å². The van der Waals surface area contributed by atoms with Gasteiger partial charge in [-0.05, 0) is 53.9 Å². The molecular formula is C23H19N3O3S. The van der Waals surface area contributed by atoms with Crippen LogP contribution >= 0.6 is 11.3 Å². The van der Waals surface area contributed by atoms with Crippen LogP contribution in [0.4, 0.5) is 5.13 Å². The predicted molar refractivity (Wildman–Crippen MR) is 116 cm³/mol. The van der Waals surface area contributed by atoms with Crippen molar-refractivity contribution in [1.82, 2.24) is 9.97 Å². The number of nitrogens with zero attached hydrogens (tertiary/aromatic N) is 3. The Hall–Kier alpha value is -3.45. The molecule has 0 N–H and O–H groups in total. The first-order valence-electron chi connectivity index (χ1n) is 9.61. The van der Waals surface area contributed by atoms with Crippen molar-refractivity contribution in [3.8, 4) is 11.5 Å². The summed E-state index contributed by atoms with van der Waals surface area (Å²) in [5, 5.41) is 0.685. The zero-order valence-electron chi connectivity index (χ0n) is 16.4. The van der Waals surface area contributed by atoms with Crippen LogP contribution in [0.15, 0.2) is 60.9 Å². The molecule has 4 aromatic rings. The number of hydrogen-bond donors (Lipinski definition) is 0. The van der Waals surface area contributed by atoms with E-state index in [9.17, 15) is 4.79 Å². The molecule has 150 valence electrons. The fourth-order valence-corrected chi connectivity index (χ4v) is 4.47. The van der Waals surface area contributed by atoms with Gasteiger partial charge in [-0.2, -0.15) is 0 Å². The Morgan fingerprint density at radius 1 is 1.10 bits per heavy atom. The Labute approximate surface area is 177 Å². The molecule has 5 rings (SSSR count). The molecular weight excluding hydrogens is 398 g/mol. The molecule has 0 spiro atoms. The van der Waals surface area contributed by atoms with Crippen molar-refractivity contribution < 1.29 is 14.3 Å². The number of carbonyl (C=O) groups excluding carboxylic acids is 1. The molecule has 0 atom stereocenters. The lowest BCUT2D eigenvalue weighted by Gasteiger charge is -2.20. The molecule has 0 bridgehead atoms. The highest BCUT2D eigenvalue weighted by atomic mass is 32.1. The van der Waals surface area contributed by atoms with E-state index >= 15 is 0 Å². The molecule has 0 unspecified atom stereocenters. The normalized spacial score (nSPS) is 12.3. The van der Waals surface area contributed by atoms with E-state index in [1.807, 2.05) is 42.5 Å². The maximum Gasteiger partial charge on any atom is 0.233 e. The molecule has 30 heavy (non-hydrogen) atoms. The van der Waals surface area contributed by atoms with Gasteiger partial charge in [0.1, 0.15) is 0 Å². The first-order chi connectivity index (χ1) is 14.7. The van der Waals surface area contributed by atoms with Crippen molar-refractivity contribution in [2.24, 2.45) is 0 Å². The number of thiazole rings is 1. The summed E-state index contributed by atoms with van der Waals surface area (Å²) in [5.41, 5.74) is 3.89. The summed E-state index contributed by atoms with van der Waals surface area (Å²) in [6.45, 7) is 2.68. The number of aromatic nitrogens is 2. The average molecular weight is 417 g/mol. The summed E-state index contributed by atoms with van der Waals surface area (Å²) < 4.78 is 11.9. The van der Waals surface area contributed by atoms with Crippen molar-refractivity contribution in [3.63, 3.8) is 0 Å². The molecule has 0 fully saturated rings. The highest BCUT2D eigenvalue weighted by molar-refractivity contribution is 7.22.